The lowest BCUT2D eigenvalue weighted by Crippen LogP contribution is -2.29. The van der Waals surface area contributed by atoms with Crippen LogP contribution in [0.2, 0.25) is 0 Å². The van der Waals surface area contributed by atoms with E-state index >= 15 is 0 Å². The number of hydrogen-bond acceptors (Lipinski definition) is 8. The van der Waals surface area contributed by atoms with Crippen molar-refractivity contribution in [3.05, 3.63) is 48.6 Å². The van der Waals surface area contributed by atoms with Crippen molar-refractivity contribution in [2.24, 2.45) is 5.73 Å². The Balaban J connectivity index is 4.11. The Morgan fingerprint density at radius 2 is 0.965 bits per heavy atom. The molecule has 0 saturated heterocycles. The van der Waals surface area contributed by atoms with Gasteiger partial charge in [0.1, 0.15) is 6.61 Å². The van der Waals surface area contributed by atoms with Crippen LogP contribution in [0.5, 0.6) is 0 Å². The van der Waals surface area contributed by atoms with Crippen molar-refractivity contribution in [1.82, 2.24) is 0 Å². The minimum atomic E-state index is -4.38. The molecule has 9 nitrogen and oxygen atoms in total. The summed E-state index contributed by atoms with van der Waals surface area (Å²) in [6.07, 6.45) is 49.9. The maximum absolute atomic E-state index is 12.6. The second-order valence-electron chi connectivity index (χ2n) is 15.2. The molecule has 332 valence electrons. The van der Waals surface area contributed by atoms with Gasteiger partial charge in [0, 0.05) is 19.4 Å². The fraction of sp³-hybridized carbons (Fsp3) is 0.787. The Kier molecular flexibility index (Phi) is 42.0. The number of esters is 2. The minimum Gasteiger partial charge on any atom is -0.462 e. The molecule has 0 aromatic heterocycles. The van der Waals surface area contributed by atoms with Crippen LogP contribution < -0.4 is 5.73 Å². The van der Waals surface area contributed by atoms with Crippen molar-refractivity contribution in [3.8, 4) is 0 Å². The van der Waals surface area contributed by atoms with Crippen LogP contribution in [0.25, 0.3) is 0 Å². The van der Waals surface area contributed by atoms with Crippen LogP contribution >= 0.6 is 7.82 Å². The number of unbranched alkanes of at least 4 members (excludes halogenated alkanes) is 22. The van der Waals surface area contributed by atoms with Crippen molar-refractivity contribution >= 4 is 19.8 Å². The molecular formula is C47H86NO8P. The first-order valence-corrected chi connectivity index (χ1v) is 24.6. The van der Waals surface area contributed by atoms with Crippen LogP contribution in [0, 0.1) is 0 Å². The molecule has 0 bridgehead atoms. The number of hydrogen-bond donors (Lipinski definition) is 2. The predicted molar refractivity (Wildman–Crippen MR) is 238 cm³/mol. The highest BCUT2D eigenvalue weighted by Crippen LogP contribution is 2.43. The van der Waals surface area contributed by atoms with Gasteiger partial charge in [0.25, 0.3) is 0 Å². The van der Waals surface area contributed by atoms with E-state index in [1.165, 1.54) is 109 Å². The normalized spacial score (nSPS) is 13.7. The molecule has 0 radical (unpaired) electrons. The smallest absolute Gasteiger partial charge is 0.462 e. The molecule has 0 rings (SSSR count). The van der Waals surface area contributed by atoms with E-state index in [9.17, 15) is 19.0 Å². The average Bonchev–Trinajstić information content (AvgIpc) is 3.20. The Bertz CT molecular complexity index is 1080. The van der Waals surface area contributed by atoms with Crippen molar-refractivity contribution in [1.29, 1.82) is 0 Å². The monoisotopic (exact) mass is 824 g/mol. The summed E-state index contributed by atoms with van der Waals surface area (Å²) < 4.78 is 32.8. The lowest BCUT2D eigenvalue weighted by Gasteiger charge is -2.19. The van der Waals surface area contributed by atoms with Gasteiger partial charge in [-0.1, -0.05) is 172 Å². The SMILES string of the molecule is CC/C=C\C/C=C\C/C=C\CCCCCCCCCC(=O)OC(COC(=O)CCCCCCCCCCC/C=C\CCCCCCCC)COP(=O)(O)OCCN. The zero-order chi connectivity index (χ0) is 41.8. The zero-order valence-corrected chi connectivity index (χ0v) is 37.5. The molecule has 0 aliphatic heterocycles. The molecule has 0 aliphatic rings. The van der Waals surface area contributed by atoms with E-state index in [-0.39, 0.29) is 38.6 Å². The topological polar surface area (TPSA) is 134 Å². The number of nitrogens with two attached hydrogens (primary N) is 1. The fourth-order valence-electron chi connectivity index (χ4n) is 6.29. The number of carbonyl (C=O) groups is 2. The van der Waals surface area contributed by atoms with Crippen LogP contribution in [-0.4, -0.2) is 49.3 Å². The molecule has 10 heteroatoms. The van der Waals surface area contributed by atoms with E-state index in [1.54, 1.807) is 0 Å². The van der Waals surface area contributed by atoms with Crippen molar-refractivity contribution in [2.45, 2.75) is 213 Å². The molecule has 2 unspecified atom stereocenters. The first kappa shape index (κ1) is 55.0. The number of phosphoric acid groups is 1. The highest BCUT2D eigenvalue weighted by Gasteiger charge is 2.26. The summed E-state index contributed by atoms with van der Waals surface area (Å²) in [6, 6.07) is 0. The van der Waals surface area contributed by atoms with Crippen LogP contribution in [0.4, 0.5) is 0 Å². The van der Waals surface area contributed by atoms with Crippen molar-refractivity contribution in [3.63, 3.8) is 0 Å². The van der Waals surface area contributed by atoms with Crippen LogP contribution in [0.1, 0.15) is 206 Å². The lowest BCUT2D eigenvalue weighted by atomic mass is 10.1. The summed E-state index contributed by atoms with van der Waals surface area (Å²) >= 11 is 0. The van der Waals surface area contributed by atoms with E-state index in [1.807, 2.05) is 0 Å². The third-order valence-corrected chi connectivity index (χ3v) is 10.7. The van der Waals surface area contributed by atoms with Gasteiger partial charge in [-0.2, -0.15) is 0 Å². The van der Waals surface area contributed by atoms with Gasteiger partial charge in [0.05, 0.1) is 13.2 Å². The average molecular weight is 824 g/mol. The molecule has 0 aromatic rings. The number of phosphoric ester groups is 1. The minimum absolute atomic E-state index is 0.0502. The van der Waals surface area contributed by atoms with Crippen LogP contribution in [-0.2, 0) is 32.7 Å². The van der Waals surface area contributed by atoms with E-state index in [4.69, 9.17) is 24.3 Å². The first-order valence-electron chi connectivity index (χ1n) is 23.1. The Labute approximate surface area is 349 Å². The number of carbonyl (C=O) groups excluding carboxylic acids is 2. The lowest BCUT2D eigenvalue weighted by molar-refractivity contribution is -0.161. The molecular weight excluding hydrogens is 737 g/mol. The summed E-state index contributed by atoms with van der Waals surface area (Å²) in [5.41, 5.74) is 5.35. The molecule has 2 atom stereocenters. The first-order chi connectivity index (χ1) is 27.8. The van der Waals surface area contributed by atoms with E-state index in [0.717, 1.165) is 64.2 Å². The highest BCUT2D eigenvalue weighted by molar-refractivity contribution is 7.47. The molecule has 57 heavy (non-hydrogen) atoms. The summed E-state index contributed by atoms with van der Waals surface area (Å²) in [5.74, 6) is -0.840. The number of allylic oxidation sites excluding steroid dienone is 8. The third kappa shape index (κ3) is 43.4. The molecule has 0 aromatic carbocycles. The van der Waals surface area contributed by atoms with Gasteiger partial charge in [-0.25, -0.2) is 4.57 Å². The molecule has 0 heterocycles. The van der Waals surface area contributed by atoms with Crippen LogP contribution in [0.3, 0.4) is 0 Å². The van der Waals surface area contributed by atoms with Gasteiger partial charge in [-0.3, -0.25) is 18.6 Å². The summed E-state index contributed by atoms with van der Waals surface area (Å²) in [7, 11) is -4.38. The molecule has 0 spiro atoms. The fourth-order valence-corrected chi connectivity index (χ4v) is 7.06. The Morgan fingerprint density at radius 1 is 0.544 bits per heavy atom. The van der Waals surface area contributed by atoms with E-state index < -0.39 is 26.5 Å². The van der Waals surface area contributed by atoms with Crippen molar-refractivity contribution < 1.29 is 37.6 Å². The zero-order valence-electron chi connectivity index (χ0n) is 36.6. The third-order valence-electron chi connectivity index (χ3n) is 9.70. The molecule has 0 aliphatic carbocycles. The molecule has 0 fully saturated rings. The van der Waals surface area contributed by atoms with Gasteiger partial charge >= 0.3 is 19.8 Å². The maximum Gasteiger partial charge on any atom is 0.472 e. The Hall–Kier alpha value is -2.03. The molecule has 3 N–H and O–H groups in total. The quantitative estimate of drug-likeness (QED) is 0.0267. The van der Waals surface area contributed by atoms with Gasteiger partial charge in [-0.15, -0.1) is 0 Å². The summed E-state index contributed by atoms with van der Waals surface area (Å²) in [5, 5.41) is 0. The predicted octanol–water partition coefficient (Wildman–Crippen LogP) is 13.5. The number of rotatable bonds is 43. The summed E-state index contributed by atoms with van der Waals surface area (Å²) in [4.78, 5) is 34.9. The van der Waals surface area contributed by atoms with E-state index in [2.05, 4.69) is 62.5 Å². The van der Waals surface area contributed by atoms with Crippen molar-refractivity contribution in [2.75, 3.05) is 26.4 Å². The Morgan fingerprint density at radius 3 is 1.46 bits per heavy atom. The van der Waals surface area contributed by atoms with Gasteiger partial charge in [0.2, 0.25) is 0 Å². The molecule has 0 amide bonds. The van der Waals surface area contributed by atoms with Gasteiger partial charge < -0.3 is 20.1 Å². The maximum atomic E-state index is 12.6. The highest BCUT2D eigenvalue weighted by atomic mass is 31.2. The number of ether oxygens (including phenoxy) is 2. The second kappa shape index (κ2) is 43.5. The van der Waals surface area contributed by atoms with E-state index in [0.29, 0.717) is 6.42 Å². The molecule has 0 saturated carbocycles. The second-order valence-corrected chi connectivity index (χ2v) is 16.7. The van der Waals surface area contributed by atoms with Gasteiger partial charge in [0.15, 0.2) is 6.10 Å². The standard InChI is InChI=1S/C47H86NO8P/c1-3-5-7-9-11-13-15-17-19-21-22-24-25-27-29-31-33-35-37-39-46(49)53-43-45(44-55-57(51,52)54-42-41-48)56-47(50)40-38-36-34-32-30-28-26-23-20-18-16-14-12-10-8-6-4-2/h6,8,12,14,17-20,45H,3-5,7,9-11,13,15-16,21-44,48H2,1-2H3,(H,51,52)/b8-6-,14-12-,19-17-,20-18-. The largest absolute Gasteiger partial charge is 0.472 e. The van der Waals surface area contributed by atoms with Crippen LogP contribution in [0.15, 0.2) is 48.6 Å². The summed E-state index contributed by atoms with van der Waals surface area (Å²) in [6.45, 7) is 3.62. The van der Waals surface area contributed by atoms with Gasteiger partial charge in [-0.05, 0) is 70.6 Å².